The van der Waals surface area contributed by atoms with Gasteiger partial charge >= 0.3 is 0 Å². The standard InChI is InChI=1S/C13H23N5/c1-17(2)13(6-4-7-13)10-18(3)12-15-8-5-11(9-14)16-12/h5,8H,4,6-7,9-10,14H2,1-3H3. The van der Waals surface area contributed by atoms with Gasteiger partial charge in [-0.25, -0.2) is 9.97 Å². The number of likely N-dealkylation sites (N-methyl/N-ethyl adjacent to an activating group) is 2. The van der Waals surface area contributed by atoms with Gasteiger partial charge in [0.05, 0.1) is 5.69 Å². The largest absolute Gasteiger partial charge is 0.342 e. The van der Waals surface area contributed by atoms with E-state index in [0.717, 1.165) is 18.2 Å². The third kappa shape index (κ3) is 2.47. The van der Waals surface area contributed by atoms with Crippen molar-refractivity contribution in [3.05, 3.63) is 18.0 Å². The summed E-state index contributed by atoms with van der Waals surface area (Å²) in [6, 6.07) is 1.86. The molecule has 1 aliphatic rings. The fourth-order valence-electron chi connectivity index (χ4n) is 2.53. The first-order chi connectivity index (χ1) is 8.57. The van der Waals surface area contributed by atoms with Gasteiger partial charge in [-0.05, 0) is 39.4 Å². The molecule has 0 aromatic carbocycles. The normalized spacial score (nSPS) is 17.6. The highest BCUT2D eigenvalue weighted by Gasteiger charge is 2.40. The number of rotatable bonds is 5. The topological polar surface area (TPSA) is 58.3 Å². The van der Waals surface area contributed by atoms with Gasteiger partial charge in [-0.1, -0.05) is 0 Å². The molecule has 5 heteroatoms. The summed E-state index contributed by atoms with van der Waals surface area (Å²) in [4.78, 5) is 13.3. The number of nitrogens with zero attached hydrogens (tertiary/aromatic N) is 4. The van der Waals surface area contributed by atoms with Crippen molar-refractivity contribution < 1.29 is 0 Å². The molecule has 1 aromatic rings. The van der Waals surface area contributed by atoms with Crippen LogP contribution in [-0.2, 0) is 6.54 Å². The molecule has 0 bridgehead atoms. The van der Waals surface area contributed by atoms with E-state index in [9.17, 15) is 0 Å². The van der Waals surface area contributed by atoms with Gasteiger partial charge in [-0.15, -0.1) is 0 Å². The van der Waals surface area contributed by atoms with E-state index < -0.39 is 0 Å². The maximum atomic E-state index is 5.61. The minimum absolute atomic E-state index is 0.289. The summed E-state index contributed by atoms with van der Waals surface area (Å²) >= 11 is 0. The van der Waals surface area contributed by atoms with Crippen molar-refractivity contribution in [1.29, 1.82) is 0 Å². The molecule has 0 unspecified atom stereocenters. The Morgan fingerprint density at radius 2 is 2.06 bits per heavy atom. The maximum absolute atomic E-state index is 5.61. The van der Waals surface area contributed by atoms with Gasteiger partial charge in [0.15, 0.2) is 0 Å². The van der Waals surface area contributed by atoms with Gasteiger partial charge in [0.2, 0.25) is 5.95 Å². The molecule has 0 aliphatic heterocycles. The SMILES string of the molecule is CN(CC1(N(C)C)CCC1)c1nccc(CN)n1. The van der Waals surface area contributed by atoms with Crippen molar-refractivity contribution >= 4 is 5.95 Å². The molecule has 0 saturated heterocycles. The lowest BCUT2D eigenvalue weighted by atomic mass is 9.75. The highest BCUT2D eigenvalue weighted by atomic mass is 15.3. The van der Waals surface area contributed by atoms with E-state index >= 15 is 0 Å². The third-order valence-corrected chi connectivity index (χ3v) is 4.02. The second kappa shape index (κ2) is 5.20. The molecule has 1 saturated carbocycles. The minimum Gasteiger partial charge on any atom is -0.342 e. The van der Waals surface area contributed by atoms with E-state index in [4.69, 9.17) is 5.73 Å². The molecule has 100 valence electrons. The van der Waals surface area contributed by atoms with Crippen LogP contribution in [0.1, 0.15) is 25.0 Å². The van der Waals surface area contributed by atoms with E-state index in [2.05, 4.69) is 40.9 Å². The summed E-state index contributed by atoms with van der Waals surface area (Å²) < 4.78 is 0. The number of hydrogen-bond acceptors (Lipinski definition) is 5. The zero-order valence-electron chi connectivity index (χ0n) is 11.6. The Labute approximate surface area is 109 Å². The quantitative estimate of drug-likeness (QED) is 0.838. The zero-order valence-corrected chi connectivity index (χ0v) is 11.6. The lowest BCUT2D eigenvalue weighted by Gasteiger charge is -2.49. The van der Waals surface area contributed by atoms with Crippen LogP contribution in [0.25, 0.3) is 0 Å². The van der Waals surface area contributed by atoms with Crippen LogP contribution in [0.4, 0.5) is 5.95 Å². The molecule has 0 spiro atoms. The van der Waals surface area contributed by atoms with E-state index in [1.54, 1.807) is 6.20 Å². The second-order valence-electron chi connectivity index (χ2n) is 5.38. The molecular weight excluding hydrogens is 226 g/mol. The molecule has 0 atom stereocenters. The molecular formula is C13H23N5. The third-order valence-electron chi connectivity index (χ3n) is 4.02. The Bertz CT molecular complexity index is 400. The highest BCUT2D eigenvalue weighted by Crippen LogP contribution is 2.37. The molecule has 18 heavy (non-hydrogen) atoms. The lowest BCUT2D eigenvalue weighted by Crippen LogP contribution is -2.57. The molecule has 5 nitrogen and oxygen atoms in total. The summed E-state index contributed by atoms with van der Waals surface area (Å²) in [5.41, 5.74) is 6.79. The Hall–Kier alpha value is -1.20. The van der Waals surface area contributed by atoms with Crippen molar-refractivity contribution in [2.24, 2.45) is 5.73 Å². The van der Waals surface area contributed by atoms with E-state index in [-0.39, 0.29) is 5.54 Å². The first-order valence-electron chi connectivity index (χ1n) is 6.48. The monoisotopic (exact) mass is 249 g/mol. The molecule has 2 N–H and O–H groups in total. The van der Waals surface area contributed by atoms with Gasteiger partial charge < -0.3 is 15.5 Å². The van der Waals surface area contributed by atoms with Crippen LogP contribution in [-0.4, -0.2) is 48.1 Å². The second-order valence-corrected chi connectivity index (χ2v) is 5.38. The summed E-state index contributed by atoms with van der Waals surface area (Å²) in [7, 11) is 6.37. The Balaban J connectivity index is 2.09. The molecule has 2 rings (SSSR count). The average Bonchev–Trinajstić information content (AvgIpc) is 2.33. The predicted molar refractivity (Wildman–Crippen MR) is 73.5 cm³/mol. The van der Waals surface area contributed by atoms with Crippen molar-refractivity contribution in [3.8, 4) is 0 Å². The summed E-state index contributed by atoms with van der Waals surface area (Å²) in [6.07, 6.45) is 5.60. The number of aromatic nitrogens is 2. The molecule has 1 fully saturated rings. The van der Waals surface area contributed by atoms with E-state index in [1.165, 1.54) is 19.3 Å². The zero-order chi connectivity index (χ0) is 13.2. The Kier molecular flexibility index (Phi) is 3.82. The number of nitrogens with two attached hydrogens (primary N) is 1. The lowest BCUT2D eigenvalue weighted by molar-refractivity contribution is 0.0680. The first kappa shape index (κ1) is 13.2. The van der Waals surface area contributed by atoms with Crippen molar-refractivity contribution in [3.63, 3.8) is 0 Å². The van der Waals surface area contributed by atoms with Crippen LogP contribution in [0.2, 0.25) is 0 Å². The highest BCUT2D eigenvalue weighted by molar-refractivity contribution is 5.30. The molecule has 1 aromatic heterocycles. The fourth-order valence-corrected chi connectivity index (χ4v) is 2.53. The van der Waals surface area contributed by atoms with Crippen LogP contribution < -0.4 is 10.6 Å². The molecule has 1 heterocycles. The molecule has 0 amide bonds. The van der Waals surface area contributed by atoms with Crippen LogP contribution in [0.5, 0.6) is 0 Å². The van der Waals surface area contributed by atoms with Gasteiger partial charge in [0.25, 0.3) is 0 Å². The fraction of sp³-hybridized carbons (Fsp3) is 0.692. The molecule has 1 aliphatic carbocycles. The molecule has 0 radical (unpaired) electrons. The van der Waals surface area contributed by atoms with Crippen LogP contribution in [0.3, 0.4) is 0 Å². The average molecular weight is 249 g/mol. The van der Waals surface area contributed by atoms with Crippen LogP contribution in [0.15, 0.2) is 12.3 Å². The summed E-state index contributed by atoms with van der Waals surface area (Å²) in [5.74, 6) is 0.770. The predicted octanol–water partition coefficient (Wildman–Crippen LogP) is 0.856. The van der Waals surface area contributed by atoms with E-state index in [0.29, 0.717) is 6.54 Å². The van der Waals surface area contributed by atoms with Crippen molar-refractivity contribution in [2.45, 2.75) is 31.3 Å². The van der Waals surface area contributed by atoms with Crippen molar-refractivity contribution in [1.82, 2.24) is 14.9 Å². The smallest absolute Gasteiger partial charge is 0.225 e. The maximum Gasteiger partial charge on any atom is 0.225 e. The summed E-state index contributed by atoms with van der Waals surface area (Å²) in [6.45, 7) is 1.43. The van der Waals surface area contributed by atoms with Crippen LogP contribution in [0, 0.1) is 0 Å². The Morgan fingerprint density at radius 1 is 1.33 bits per heavy atom. The van der Waals surface area contributed by atoms with Crippen LogP contribution >= 0.6 is 0 Å². The van der Waals surface area contributed by atoms with Gasteiger partial charge in [0, 0.05) is 31.9 Å². The van der Waals surface area contributed by atoms with Gasteiger partial charge in [0.1, 0.15) is 0 Å². The minimum atomic E-state index is 0.289. The van der Waals surface area contributed by atoms with Crippen molar-refractivity contribution in [2.75, 3.05) is 32.6 Å². The van der Waals surface area contributed by atoms with Gasteiger partial charge in [-0.3, -0.25) is 0 Å². The summed E-state index contributed by atoms with van der Waals surface area (Å²) in [5, 5.41) is 0. The van der Waals surface area contributed by atoms with Gasteiger partial charge in [-0.2, -0.15) is 0 Å². The first-order valence-corrected chi connectivity index (χ1v) is 6.48. The Morgan fingerprint density at radius 3 is 2.56 bits per heavy atom. The number of hydrogen-bond donors (Lipinski definition) is 1. The number of anilines is 1. The van der Waals surface area contributed by atoms with E-state index in [1.807, 2.05) is 6.07 Å².